The highest BCUT2D eigenvalue weighted by molar-refractivity contribution is 7.98. The summed E-state index contributed by atoms with van der Waals surface area (Å²) < 4.78 is 0. The molecule has 1 aromatic heterocycles. The van der Waals surface area contributed by atoms with Crippen molar-refractivity contribution in [2.24, 2.45) is 0 Å². The van der Waals surface area contributed by atoms with Crippen LogP contribution in [-0.2, 0) is 4.79 Å². The van der Waals surface area contributed by atoms with Gasteiger partial charge in [0.25, 0.3) is 5.91 Å². The number of carboxylic acids is 1. The van der Waals surface area contributed by atoms with Gasteiger partial charge in [0, 0.05) is 6.07 Å². The zero-order chi connectivity index (χ0) is 14.4. The van der Waals surface area contributed by atoms with Crippen molar-refractivity contribution in [2.75, 3.05) is 12.0 Å². The molecule has 0 unspecified atom stereocenters. The van der Waals surface area contributed by atoms with E-state index in [1.807, 2.05) is 6.26 Å². The number of nitrogens with one attached hydrogen (secondary N) is 2. The number of aliphatic carboxylic acids is 1. The normalized spacial score (nSPS) is 11.8. The van der Waals surface area contributed by atoms with Crippen molar-refractivity contribution in [3.8, 4) is 0 Å². The Labute approximate surface area is 112 Å². The summed E-state index contributed by atoms with van der Waals surface area (Å²) in [6, 6.07) is 1.37. The van der Waals surface area contributed by atoms with Crippen LogP contribution in [0.15, 0.2) is 12.1 Å². The zero-order valence-corrected chi connectivity index (χ0v) is 10.9. The van der Waals surface area contributed by atoms with Crippen molar-refractivity contribution < 1.29 is 19.6 Å². The Kier molecular flexibility index (Phi) is 5.37. The quantitative estimate of drug-likeness (QED) is 0.504. The highest BCUT2D eigenvalue weighted by Gasteiger charge is 2.23. The molecule has 0 saturated carbocycles. The van der Waals surface area contributed by atoms with Gasteiger partial charge in [0.05, 0.1) is 0 Å². The lowest BCUT2D eigenvalue weighted by atomic mass is 10.2. The second kappa shape index (κ2) is 6.78. The van der Waals surface area contributed by atoms with Gasteiger partial charge < -0.3 is 20.5 Å². The van der Waals surface area contributed by atoms with Crippen LogP contribution in [0, 0.1) is 10.1 Å². The number of hydrogen-bond donors (Lipinski definition) is 3. The third-order valence-corrected chi connectivity index (χ3v) is 2.97. The Morgan fingerprint density at radius 3 is 2.74 bits per heavy atom. The van der Waals surface area contributed by atoms with Gasteiger partial charge in [-0.05, 0) is 29.4 Å². The number of nitrogens with zero attached hydrogens (tertiary/aromatic N) is 1. The number of aromatic amines is 1. The molecule has 0 fully saturated rings. The maximum Gasteiger partial charge on any atom is 0.326 e. The fourth-order valence-electron chi connectivity index (χ4n) is 1.35. The van der Waals surface area contributed by atoms with Crippen LogP contribution in [0.5, 0.6) is 0 Å². The van der Waals surface area contributed by atoms with E-state index >= 15 is 0 Å². The van der Waals surface area contributed by atoms with Crippen LogP contribution in [-0.4, -0.2) is 44.9 Å². The predicted octanol–water partition coefficient (Wildman–Crippen LogP) is 0.859. The lowest BCUT2D eigenvalue weighted by Gasteiger charge is -2.12. The SMILES string of the molecule is CSCC[C@@H](NC(=O)c1ccc([N+](=O)[O-])[nH]1)C(=O)O. The summed E-state index contributed by atoms with van der Waals surface area (Å²) >= 11 is 1.47. The summed E-state index contributed by atoms with van der Waals surface area (Å²) in [4.78, 5) is 34.8. The van der Waals surface area contributed by atoms with Gasteiger partial charge in [-0.25, -0.2) is 9.78 Å². The summed E-state index contributed by atoms with van der Waals surface area (Å²) in [7, 11) is 0. The highest BCUT2D eigenvalue weighted by atomic mass is 32.2. The van der Waals surface area contributed by atoms with Crippen LogP contribution in [0.25, 0.3) is 0 Å². The summed E-state index contributed by atoms with van der Waals surface area (Å²) in [5.74, 6) is -1.55. The van der Waals surface area contributed by atoms with E-state index in [4.69, 9.17) is 5.11 Å². The first-order chi connectivity index (χ1) is 8.95. The third-order valence-electron chi connectivity index (χ3n) is 2.33. The molecule has 1 atom stereocenters. The van der Waals surface area contributed by atoms with Crippen molar-refractivity contribution in [2.45, 2.75) is 12.5 Å². The Morgan fingerprint density at radius 1 is 1.58 bits per heavy atom. The van der Waals surface area contributed by atoms with Gasteiger partial charge in [-0.15, -0.1) is 0 Å². The Morgan fingerprint density at radius 2 is 2.26 bits per heavy atom. The molecular formula is C10H13N3O5S. The number of carbonyl (C=O) groups excluding carboxylic acids is 1. The van der Waals surface area contributed by atoms with E-state index in [-0.39, 0.29) is 17.9 Å². The molecule has 1 rings (SSSR count). The molecule has 0 bridgehead atoms. The molecule has 104 valence electrons. The van der Waals surface area contributed by atoms with Gasteiger partial charge in [-0.2, -0.15) is 11.8 Å². The first-order valence-corrected chi connectivity index (χ1v) is 6.71. The largest absolute Gasteiger partial charge is 0.480 e. The molecule has 8 nitrogen and oxygen atoms in total. The van der Waals surface area contributed by atoms with Crippen LogP contribution >= 0.6 is 11.8 Å². The molecule has 19 heavy (non-hydrogen) atoms. The van der Waals surface area contributed by atoms with Crippen molar-refractivity contribution in [3.05, 3.63) is 27.9 Å². The number of nitro groups is 1. The minimum absolute atomic E-state index is 0.0397. The molecule has 0 aliphatic rings. The second-order valence-electron chi connectivity index (χ2n) is 3.66. The first kappa shape index (κ1) is 15.0. The van der Waals surface area contributed by atoms with E-state index in [9.17, 15) is 19.7 Å². The Bertz CT molecular complexity index is 487. The number of carboxylic acid groups (broad SMARTS) is 1. The average Bonchev–Trinajstić information content (AvgIpc) is 2.83. The van der Waals surface area contributed by atoms with Crippen molar-refractivity contribution in [1.29, 1.82) is 0 Å². The lowest BCUT2D eigenvalue weighted by Crippen LogP contribution is -2.41. The third kappa shape index (κ3) is 4.28. The Balaban J connectivity index is 2.70. The summed E-state index contributed by atoms with van der Waals surface area (Å²) in [6.07, 6.45) is 2.11. The molecule has 1 heterocycles. The van der Waals surface area contributed by atoms with Crippen LogP contribution in [0.4, 0.5) is 5.82 Å². The minimum Gasteiger partial charge on any atom is -0.480 e. The van der Waals surface area contributed by atoms with E-state index in [0.717, 1.165) is 6.07 Å². The maximum atomic E-state index is 11.7. The van der Waals surface area contributed by atoms with Crippen LogP contribution in [0.1, 0.15) is 16.9 Å². The van der Waals surface area contributed by atoms with E-state index in [1.54, 1.807) is 0 Å². The standard InChI is InChI=1S/C10H13N3O5S/c1-19-5-4-7(10(15)16)12-9(14)6-2-3-8(11-6)13(17)18/h2-3,7,11H,4-5H2,1H3,(H,12,14)(H,15,16)/t7-/m1/s1. The molecule has 1 amide bonds. The molecule has 3 N–H and O–H groups in total. The first-order valence-electron chi connectivity index (χ1n) is 5.31. The van der Waals surface area contributed by atoms with Crippen LogP contribution in [0.3, 0.4) is 0 Å². The number of thioether (sulfide) groups is 1. The molecule has 0 aliphatic carbocycles. The number of H-pyrrole nitrogens is 1. The van der Waals surface area contributed by atoms with Gasteiger partial charge in [0.2, 0.25) is 0 Å². The van der Waals surface area contributed by atoms with Gasteiger partial charge >= 0.3 is 11.8 Å². The Hall–Kier alpha value is -2.03. The highest BCUT2D eigenvalue weighted by Crippen LogP contribution is 2.10. The fraction of sp³-hybridized carbons (Fsp3) is 0.400. The zero-order valence-electron chi connectivity index (χ0n) is 10.1. The number of hydrogen-bond acceptors (Lipinski definition) is 5. The molecular weight excluding hydrogens is 274 g/mol. The predicted molar refractivity (Wildman–Crippen MR) is 69.3 cm³/mol. The molecule has 0 aliphatic heterocycles. The summed E-state index contributed by atoms with van der Waals surface area (Å²) in [5.41, 5.74) is -0.0397. The molecule has 0 aromatic carbocycles. The van der Waals surface area contributed by atoms with Crippen molar-refractivity contribution in [3.63, 3.8) is 0 Å². The van der Waals surface area contributed by atoms with Gasteiger partial charge in [-0.3, -0.25) is 4.79 Å². The monoisotopic (exact) mass is 287 g/mol. The number of rotatable bonds is 7. The molecule has 0 spiro atoms. The van der Waals surface area contributed by atoms with E-state index in [1.165, 1.54) is 17.8 Å². The van der Waals surface area contributed by atoms with Crippen LogP contribution in [0.2, 0.25) is 0 Å². The molecule has 9 heteroatoms. The van der Waals surface area contributed by atoms with E-state index in [0.29, 0.717) is 5.75 Å². The fourth-order valence-corrected chi connectivity index (χ4v) is 1.82. The van der Waals surface area contributed by atoms with E-state index in [2.05, 4.69) is 10.3 Å². The topological polar surface area (TPSA) is 125 Å². The maximum absolute atomic E-state index is 11.7. The summed E-state index contributed by atoms with van der Waals surface area (Å²) in [5, 5.41) is 21.7. The van der Waals surface area contributed by atoms with E-state index < -0.39 is 22.8 Å². The molecule has 0 radical (unpaired) electrons. The van der Waals surface area contributed by atoms with Crippen molar-refractivity contribution >= 4 is 29.5 Å². The van der Waals surface area contributed by atoms with Crippen molar-refractivity contribution in [1.82, 2.24) is 10.3 Å². The number of amides is 1. The lowest BCUT2D eigenvalue weighted by molar-refractivity contribution is -0.389. The number of carbonyl (C=O) groups is 2. The molecule has 0 saturated heterocycles. The van der Waals surface area contributed by atoms with Gasteiger partial charge in [0.1, 0.15) is 6.04 Å². The van der Waals surface area contributed by atoms with Crippen LogP contribution < -0.4 is 5.32 Å². The van der Waals surface area contributed by atoms with Gasteiger partial charge in [-0.1, -0.05) is 0 Å². The smallest absolute Gasteiger partial charge is 0.326 e. The minimum atomic E-state index is -1.14. The number of aromatic nitrogens is 1. The average molecular weight is 287 g/mol. The second-order valence-corrected chi connectivity index (χ2v) is 4.65. The summed E-state index contributed by atoms with van der Waals surface area (Å²) in [6.45, 7) is 0. The van der Waals surface area contributed by atoms with Gasteiger partial charge in [0.15, 0.2) is 5.69 Å². The molecule has 1 aromatic rings.